The first-order chi connectivity index (χ1) is 14.6. The van der Waals surface area contributed by atoms with Crippen LogP contribution in [0.4, 0.5) is 21.9 Å². The van der Waals surface area contributed by atoms with Gasteiger partial charge in [-0.15, -0.1) is 0 Å². The summed E-state index contributed by atoms with van der Waals surface area (Å²) in [7, 11) is 2.16. The predicted molar refractivity (Wildman–Crippen MR) is 126 cm³/mol. The van der Waals surface area contributed by atoms with Gasteiger partial charge >= 0.3 is 6.03 Å². The number of urea groups is 1. The minimum atomic E-state index is -0.0939. The van der Waals surface area contributed by atoms with Crippen molar-refractivity contribution in [1.82, 2.24) is 9.88 Å². The quantitative estimate of drug-likeness (QED) is 0.611. The van der Waals surface area contributed by atoms with Crippen LogP contribution < -0.4 is 15.1 Å². The van der Waals surface area contributed by atoms with Crippen molar-refractivity contribution >= 4 is 49.9 Å². The number of carbonyl (C=O) groups excluding carboxylic acids is 1. The van der Waals surface area contributed by atoms with Crippen LogP contribution in [0.1, 0.15) is 5.56 Å². The van der Waals surface area contributed by atoms with Gasteiger partial charge in [0.2, 0.25) is 0 Å². The molecule has 5 rings (SSSR count). The first kappa shape index (κ1) is 19.3. The number of carbonyl (C=O) groups is 1. The molecule has 2 amide bonds. The van der Waals surface area contributed by atoms with E-state index in [0.29, 0.717) is 6.54 Å². The zero-order chi connectivity index (χ0) is 20.7. The molecule has 2 aliphatic rings. The fraction of sp³-hybridized carbons (Fsp3) is 0.304. The van der Waals surface area contributed by atoms with Gasteiger partial charge in [-0.1, -0.05) is 6.07 Å². The first-order valence-electron chi connectivity index (χ1n) is 10.3. The SMILES string of the molecule is CN1CCN(c2cc3c(cc2Br)CCN3C(=O)Nc2ccc3ncccc3c2)CC1. The van der Waals surface area contributed by atoms with Gasteiger partial charge in [-0.25, -0.2) is 4.79 Å². The molecule has 3 aromatic rings. The maximum absolute atomic E-state index is 13.1. The largest absolute Gasteiger partial charge is 0.368 e. The van der Waals surface area contributed by atoms with E-state index in [2.05, 4.69) is 55.2 Å². The number of pyridine rings is 1. The highest BCUT2D eigenvalue weighted by molar-refractivity contribution is 9.10. The second-order valence-electron chi connectivity index (χ2n) is 7.97. The van der Waals surface area contributed by atoms with Crippen molar-refractivity contribution in [2.75, 3.05) is 54.9 Å². The number of hydrogen-bond acceptors (Lipinski definition) is 4. The number of nitrogens with one attached hydrogen (secondary N) is 1. The second kappa shape index (κ2) is 7.89. The lowest BCUT2D eigenvalue weighted by atomic mass is 10.1. The lowest BCUT2D eigenvalue weighted by Crippen LogP contribution is -2.44. The molecule has 1 saturated heterocycles. The number of anilines is 3. The zero-order valence-electron chi connectivity index (χ0n) is 16.9. The number of halogens is 1. The molecule has 30 heavy (non-hydrogen) atoms. The Morgan fingerprint density at radius 1 is 1.03 bits per heavy atom. The van der Waals surface area contributed by atoms with Crippen molar-refractivity contribution in [1.29, 1.82) is 0 Å². The van der Waals surface area contributed by atoms with E-state index in [1.807, 2.05) is 35.2 Å². The van der Waals surface area contributed by atoms with Crippen molar-refractivity contribution in [2.24, 2.45) is 0 Å². The Morgan fingerprint density at radius 3 is 2.70 bits per heavy atom. The molecule has 1 N–H and O–H groups in total. The Morgan fingerprint density at radius 2 is 1.87 bits per heavy atom. The van der Waals surface area contributed by atoms with Crippen LogP contribution in [0, 0.1) is 0 Å². The highest BCUT2D eigenvalue weighted by Crippen LogP contribution is 2.38. The van der Waals surface area contributed by atoms with Crippen molar-refractivity contribution < 1.29 is 4.79 Å². The third-order valence-corrected chi connectivity index (χ3v) is 6.62. The van der Waals surface area contributed by atoms with E-state index in [9.17, 15) is 4.79 Å². The molecule has 7 heteroatoms. The monoisotopic (exact) mass is 465 g/mol. The van der Waals surface area contributed by atoms with E-state index in [0.717, 1.165) is 59.4 Å². The molecule has 0 radical (unpaired) electrons. The molecule has 0 spiro atoms. The van der Waals surface area contributed by atoms with E-state index >= 15 is 0 Å². The van der Waals surface area contributed by atoms with E-state index in [-0.39, 0.29) is 6.03 Å². The minimum Gasteiger partial charge on any atom is -0.368 e. The van der Waals surface area contributed by atoms with Crippen LogP contribution in [0.3, 0.4) is 0 Å². The summed E-state index contributed by atoms with van der Waals surface area (Å²) >= 11 is 3.75. The topological polar surface area (TPSA) is 51.7 Å². The molecule has 0 unspecified atom stereocenters. The van der Waals surface area contributed by atoms with Crippen LogP contribution in [0.15, 0.2) is 53.1 Å². The average Bonchev–Trinajstić information content (AvgIpc) is 3.16. The fourth-order valence-corrected chi connectivity index (χ4v) is 4.88. The second-order valence-corrected chi connectivity index (χ2v) is 8.82. The average molecular weight is 466 g/mol. The molecule has 6 nitrogen and oxygen atoms in total. The number of nitrogens with zero attached hydrogens (tertiary/aromatic N) is 4. The standard InChI is InChI=1S/C23H24BrN5O/c1-27-9-11-28(12-10-27)22-15-21-17(14-19(22)24)6-8-29(21)23(30)26-18-4-5-20-16(13-18)3-2-7-25-20/h2-5,7,13-15H,6,8-12H2,1H3,(H,26,30). The maximum Gasteiger partial charge on any atom is 0.326 e. The number of rotatable bonds is 2. The van der Waals surface area contributed by atoms with Gasteiger partial charge in [0.15, 0.2) is 0 Å². The van der Waals surface area contributed by atoms with Gasteiger partial charge in [-0.05, 0) is 71.4 Å². The summed E-state index contributed by atoms with van der Waals surface area (Å²) < 4.78 is 1.11. The number of aromatic nitrogens is 1. The lowest BCUT2D eigenvalue weighted by molar-refractivity contribution is 0.257. The van der Waals surface area contributed by atoms with Crippen molar-refractivity contribution in [3.8, 4) is 0 Å². The number of benzene rings is 2. The Balaban J connectivity index is 1.39. The third kappa shape index (κ3) is 3.63. The van der Waals surface area contributed by atoms with Crippen molar-refractivity contribution in [3.63, 3.8) is 0 Å². The molecule has 0 aliphatic carbocycles. The smallest absolute Gasteiger partial charge is 0.326 e. The number of piperazine rings is 1. The first-order valence-corrected chi connectivity index (χ1v) is 11.1. The van der Waals surface area contributed by atoms with Gasteiger partial charge in [0, 0.05) is 54.5 Å². The summed E-state index contributed by atoms with van der Waals surface area (Å²) in [6.07, 6.45) is 2.64. The molecule has 0 atom stereocenters. The van der Waals surface area contributed by atoms with Gasteiger partial charge in [0.1, 0.15) is 0 Å². The normalized spacial score (nSPS) is 16.7. The summed E-state index contributed by atoms with van der Waals surface area (Å²) in [5.41, 5.74) is 5.08. The van der Waals surface area contributed by atoms with Crippen LogP contribution in [-0.2, 0) is 6.42 Å². The minimum absolute atomic E-state index is 0.0939. The van der Waals surface area contributed by atoms with Crippen LogP contribution in [-0.4, -0.2) is 55.7 Å². The summed E-state index contributed by atoms with van der Waals surface area (Å²) in [5, 5.41) is 4.08. The van der Waals surface area contributed by atoms with E-state index in [1.54, 1.807) is 6.20 Å². The lowest BCUT2D eigenvalue weighted by Gasteiger charge is -2.35. The number of fused-ring (bicyclic) bond motifs is 2. The molecule has 1 aromatic heterocycles. The van der Waals surface area contributed by atoms with Gasteiger partial charge in [-0.2, -0.15) is 0 Å². The number of likely N-dealkylation sites (N-methyl/N-ethyl adjacent to an activating group) is 1. The van der Waals surface area contributed by atoms with Gasteiger partial charge < -0.3 is 15.1 Å². The highest BCUT2D eigenvalue weighted by Gasteiger charge is 2.28. The summed E-state index contributed by atoms with van der Waals surface area (Å²) in [4.78, 5) is 24.0. The molecule has 0 saturated carbocycles. The van der Waals surface area contributed by atoms with Gasteiger partial charge in [0.25, 0.3) is 0 Å². The molecule has 0 bridgehead atoms. The molecule has 154 valence electrons. The van der Waals surface area contributed by atoms with Crippen LogP contribution >= 0.6 is 15.9 Å². The summed E-state index contributed by atoms with van der Waals surface area (Å²) in [5.74, 6) is 0. The Labute approximate surface area is 184 Å². The van der Waals surface area contributed by atoms with E-state index in [4.69, 9.17) is 0 Å². The van der Waals surface area contributed by atoms with E-state index in [1.165, 1.54) is 11.3 Å². The molecule has 3 heterocycles. The predicted octanol–water partition coefficient (Wildman–Crippen LogP) is 4.34. The summed E-state index contributed by atoms with van der Waals surface area (Å²) in [6, 6.07) is 14.0. The molecular weight excluding hydrogens is 442 g/mol. The van der Waals surface area contributed by atoms with Gasteiger partial charge in [0.05, 0.1) is 16.9 Å². The van der Waals surface area contributed by atoms with Crippen LogP contribution in [0.5, 0.6) is 0 Å². The molecule has 1 fully saturated rings. The maximum atomic E-state index is 13.1. The van der Waals surface area contributed by atoms with E-state index < -0.39 is 0 Å². The third-order valence-electron chi connectivity index (χ3n) is 5.99. The number of amides is 2. The Hall–Kier alpha value is -2.64. The highest BCUT2D eigenvalue weighted by atomic mass is 79.9. The summed E-state index contributed by atoms with van der Waals surface area (Å²) in [6.45, 7) is 4.76. The Kier molecular flexibility index (Phi) is 5.08. The van der Waals surface area contributed by atoms with Crippen molar-refractivity contribution in [3.05, 3.63) is 58.7 Å². The van der Waals surface area contributed by atoms with Crippen molar-refractivity contribution in [2.45, 2.75) is 6.42 Å². The molecule has 2 aromatic carbocycles. The molecule has 2 aliphatic heterocycles. The Bertz CT molecular complexity index is 1110. The molecular formula is C23H24BrN5O. The fourth-order valence-electron chi connectivity index (χ4n) is 4.24. The van der Waals surface area contributed by atoms with Crippen LogP contribution in [0.2, 0.25) is 0 Å². The van der Waals surface area contributed by atoms with Gasteiger partial charge in [-0.3, -0.25) is 9.88 Å². The zero-order valence-corrected chi connectivity index (χ0v) is 18.5. The van der Waals surface area contributed by atoms with Crippen LogP contribution in [0.25, 0.3) is 10.9 Å². The number of hydrogen-bond donors (Lipinski definition) is 1.